The minimum absolute atomic E-state index is 0.0550. The summed E-state index contributed by atoms with van der Waals surface area (Å²) in [7, 11) is 0. The van der Waals surface area contributed by atoms with Crippen LogP contribution >= 0.6 is 0 Å². The van der Waals surface area contributed by atoms with E-state index >= 15 is 0 Å². The first-order valence-electron chi connectivity index (χ1n) is 8.17. The summed E-state index contributed by atoms with van der Waals surface area (Å²) in [6, 6.07) is 7.28. The molecule has 0 saturated carbocycles. The second-order valence-electron chi connectivity index (χ2n) is 5.91. The number of amides is 1. The van der Waals surface area contributed by atoms with Crippen molar-refractivity contribution in [3.05, 3.63) is 46.8 Å². The average molecular weight is 340 g/mol. The highest BCUT2D eigenvalue weighted by Gasteiger charge is 2.15. The molecule has 8 nitrogen and oxygen atoms in total. The molecule has 3 aromatic heterocycles. The first-order chi connectivity index (χ1) is 12.0. The molecule has 1 amide bonds. The summed E-state index contributed by atoms with van der Waals surface area (Å²) in [6.07, 6.45) is 2.50. The lowest BCUT2D eigenvalue weighted by Crippen LogP contribution is -2.37. The number of hydrogen-bond donors (Lipinski definition) is 1. The summed E-state index contributed by atoms with van der Waals surface area (Å²) in [4.78, 5) is 33.3. The predicted octanol–water partition coefficient (Wildman–Crippen LogP) is 1.18. The van der Waals surface area contributed by atoms with Crippen molar-refractivity contribution in [3.63, 3.8) is 0 Å². The molecule has 0 aliphatic heterocycles. The molecular weight excluding hydrogens is 320 g/mol. The maximum absolute atomic E-state index is 12.5. The van der Waals surface area contributed by atoms with Crippen molar-refractivity contribution in [2.45, 2.75) is 39.8 Å². The number of carbonyl (C=O) groups excluding carboxylic acids is 1. The van der Waals surface area contributed by atoms with E-state index in [9.17, 15) is 9.59 Å². The van der Waals surface area contributed by atoms with Gasteiger partial charge >= 0.3 is 5.69 Å². The Hall–Kier alpha value is -3.03. The Kier molecular flexibility index (Phi) is 4.60. The SMILES string of the molecule is CCC(C)NC(=O)Cn1nc2cc(-c3ccccn3)nc(C)n2c1=O. The van der Waals surface area contributed by atoms with Gasteiger partial charge in [-0.1, -0.05) is 13.0 Å². The van der Waals surface area contributed by atoms with Gasteiger partial charge in [0.05, 0.1) is 11.4 Å². The summed E-state index contributed by atoms with van der Waals surface area (Å²) in [6.45, 7) is 5.50. The number of hydrogen-bond acceptors (Lipinski definition) is 5. The third-order valence-corrected chi connectivity index (χ3v) is 3.98. The molecule has 0 aliphatic rings. The maximum atomic E-state index is 12.5. The van der Waals surface area contributed by atoms with Gasteiger partial charge in [0.15, 0.2) is 5.65 Å². The van der Waals surface area contributed by atoms with E-state index in [2.05, 4.69) is 20.4 Å². The van der Waals surface area contributed by atoms with E-state index in [0.717, 1.165) is 11.1 Å². The fourth-order valence-corrected chi connectivity index (χ4v) is 2.51. The zero-order chi connectivity index (χ0) is 18.0. The van der Waals surface area contributed by atoms with Crippen molar-refractivity contribution >= 4 is 11.6 Å². The zero-order valence-corrected chi connectivity index (χ0v) is 14.4. The highest BCUT2D eigenvalue weighted by Crippen LogP contribution is 2.15. The molecule has 0 aliphatic carbocycles. The van der Waals surface area contributed by atoms with E-state index in [1.165, 1.54) is 4.40 Å². The monoisotopic (exact) mass is 340 g/mol. The molecule has 0 aromatic carbocycles. The van der Waals surface area contributed by atoms with E-state index in [-0.39, 0.29) is 24.2 Å². The van der Waals surface area contributed by atoms with E-state index in [1.54, 1.807) is 19.2 Å². The number of nitrogens with one attached hydrogen (secondary N) is 1. The lowest BCUT2D eigenvalue weighted by atomic mass is 10.2. The van der Waals surface area contributed by atoms with Crippen molar-refractivity contribution in [2.75, 3.05) is 0 Å². The number of nitrogens with zero attached hydrogens (tertiary/aromatic N) is 5. The number of aryl methyl sites for hydroxylation is 1. The number of pyridine rings is 1. The topological polar surface area (TPSA) is 94.2 Å². The van der Waals surface area contributed by atoms with Gasteiger partial charge in [0.2, 0.25) is 5.91 Å². The molecule has 0 fully saturated rings. The largest absolute Gasteiger partial charge is 0.352 e. The summed E-state index contributed by atoms with van der Waals surface area (Å²) in [5, 5.41) is 7.10. The van der Waals surface area contributed by atoms with Crippen LogP contribution in [0.5, 0.6) is 0 Å². The third-order valence-electron chi connectivity index (χ3n) is 3.98. The van der Waals surface area contributed by atoms with Gasteiger partial charge in [-0.05, 0) is 32.4 Å². The van der Waals surface area contributed by atoms with Crippen LogP contribution in [-0.2, 0) is 11.3 Å². The number of fused-ring (bicyclic) bond motifs is 1. The summed E-state index contributed by atoms with van der Waals surface area (Å²) in [5.41, 5.74) is 1.39. The normalized spacial score (nSPS) is 12.3. The quantitative estimate of drug-likeness (QED) is 0.752. The number of carbonyl (C=O) groups is 1. The first kappa shape index (κ1) is 16.8. The molecular formula is C17H20N6O2. The number of aromatic nitrogens is 5. The predicted molar refractivity (Wildman–Crippen MR) is 93.1 cm³/mol. The van der Waals surface area contributed by atoms with E-state index in [1.807, 2.05) is 32.0 Å². The van der Waals surface area contributed by atoms with Gasteiger partial charge in [-0.3, -0.25) is 9.78 Å². The molecule has 130 valence electrons. The van der Waals surface area contributed by atoms with E-state index in [4.69, 9.17) is 0 Å². The Morgan fingerprint density at radius 3 is 2.80 bits per heavy atom. The van der Waals surface area contributed by atoms with Gasteiger partial charge in [0, 0.05) is 18.3 Å². The summed E-state index contributed by atoms with van der Waals surface area (Å²) >= 11 is 0. The van der Waals surface area contributed by atoms with Crippen LogP contribution in [0.25, 0.3) is 17.0 Å². The van der Waals surface area contributed by atoms with Crippen LogP contribution in [0.2, 0.25) is 0 Å². The van der Waals surface area contributed by atoms with Crippen molar-refractivity contribution in [2.24, 2.45) is 0 Å². The molecule has 3 rings (SSSR count). The minimum atomic E-state index is -0.383. The van der Waals surface area contributed by atoms with Crippen molar-refractivity contribution < 1.29 is 4.79 Å². The lowest BCUT2D eigenvalue weighted by molar-refractivity contribution is -0.122. The van der Waals surface area contributed by atoms with Gasteiger partial charge < -0.3 is 5.32 Å². The van der Waals surface area contributed by atoms with Gasteiger partial charge in [0.1, 0.15) is 12.4 Å². The van der Waals surface area contributed by atoms with Crippen LogP contribution in [0.4, 0.5) is 0 Å². The van der Waals surface area contributed by atoms with Crippen molar-refractivity contribution in [3.8, 4) is 11.4 Å². The molecule has 1 atom stereocenters. The number of rotatable bonds is 5. The Morgan fingerprint density at radius 1 is 1.32 bits per heavy atom. The highest BCUT2D eigenvalue weighted by molar-refractivity contribution is 5.76. The van der Waals surface area contributed by atoms with Crippen LogP contribution in [0.3, 0.4) is 0 Å². The summed E-state index contributed by atoms with van der Waals surface area (Å²) < 4.78 is 2.55. The Labute approximate surface area is 144 Å². The second kappa shape index (κ2) is 6.84. The molecule has 0 spiro atoms. The van der Waals surface area contributed by atoms with Crippen LogP contribution in [0.15, 0.2) is 35.3 Å². The molecule has 0 saturated heterocycles. The van der Waals surface area contributed by atoms with Crippen LogP contribution in [0, 0.1) is 6.92 Å². The fraction of sp³-hybridized carbons (Fsp3) is 0.353. The van der Waals surface area contributed by atoms with E-state index < -0.39 is 0 Å². The minimum Gasteiger partial charge on any atom is -0.352 e. The molecule has 1 N–H and O–H groups in total. The van der Waals surface area contributed by atoms with Crippen LogP contribution in [0.1, 0.15) is 26.1 Å². The molecule has 1 unspecified atom stereocenters. The van der Waals surface area contributed by atoms with Gasteiger partial charge in [-0.2, -0.15) is 0 Å². The van der Waals surface area contributed by atoms with Gasteiger partial charge in [-0.25, -0.2) is 18.9 Å². The van der Waals surface area contributed by atoms with Crippen molar-refractivity contribution in [1.82, 2.24) is 29.5 Å². The Balaban J connectivity index is 1.98. The van der Waals surface area contributed by atoms with Gasteiger partial charge in [0.25, 0.3) is 0 Å². The zero-order valence-electron chi connectivity index (χ0n) is 14.4. The van der Waals surface area contributed by atoms with E-state index in [0.29, 0.717) is 22.9 Å². The smallest absolute Gasteiger partial charge is 0.352 e. The molecule has 0 bridgehead atoms. The molecule has 0 radical (unpaired) electrons. The third kappa shape index (κ3) is 3.42. The maximum Gasteiger partial charge on any atom is 0.352 e. The molecule has 3 heterocycles. The highest BCUT2D eigenvalue weighted by atomic mass is 16.2. The molecule has 25 heavy (non-hydrogen) atoms. The lowest BCUT2D eigenvalue weighted by Gasteiger charge is -2.10. The fourth-order valence-electron chi connectivity index (χ4n) is 2.51. The standard InChI is InChI=1S/C17H20N6O2/c1-4-11(2)19-16(24)10-22-17(25)23-12(3)20-14(9-15(23)21-22)13-7-5-6-8-18-13/h5-9,11H,4,10H2,1-3H3,(H,19,24). The van der Waals surface area contributed by atoms with Crippen molar-refractivity contribution in [1.29, 1.82) is 0 Å². The van der Waals surface area contributed by atoms with Crippen LogP contribution in [-0.4, -0.2) is 36.1 Å². The van der Waals surface area contributed by atoms with Gasteiger partial charge in [-0.15, -0.1) is 5.10 Å². The summed E-state index contributed by atoms with van der Waals surface area (Å²) in [5.74, 6) is 0.257. The first-order valence-corrected chi connectivity index (χ1v) is 8.17. The average Bonchev–Trinajstić information content (AvgIpc) is 2.91. The Morgan fingerprint density at radius 2 is 2.12 bits per heavy atom. The molecule has 8 heteroatoms. The second-order valence-corrected chi connectivity index (χ2v) is 5.91. The van der Waals surface area contributed by atoms with Crippen LogP contribution < -0.4 is 11.0 Å². The molecule has 3 aromatic rings. The Bertz CT molecular complexity index is 960.